The second kappa shape index (κ2) is 8.57. The molecule has 0 bridgehead atoms. The number of nitrogens with one attached hydrogen (secondary N) is 1. The van der Waals surface area contributed by atoms with Gasteiger partial charge in [-0.2, -0.15) is 0 Å². The molecule has 0 fully saturated rings. The fourth-order valence-corrected chi connectivity index (χ4v) is 3.03. The van der Waals surface area contributed by atoms with E-state index in [9.17, 15) is 14.7 Å². The van der Waals surface area contributed by atoms with Crippen molar-refractivity contribution in [3.63, 3.8) is 0 Å². The maximum atomic E-state index is 11.7. The number of carbonyl (C=O) groups excluding carboxylic acids is 1. The normalized spacial score (nSPS) is 11.4. The molecule has 2 N–H and O–H groups in total. The Labute approximate surface area is 164 Å². The van der Waals surface area contributed by atoms with Gasteiger partial charge in [0, 0.05) is 11.6 Å². The number of carboxylic acids is 1. The number of aliphatic carboxylic acids is 1. The van der Waals surface area contributed by atoms with Gasteiger partial charge < -0.3 is 14.3 Å². The van der Waals surface area contributed by atoms with Crippen molar-refractivity contribution >= 4 is 29.8 Å². The van der Waals surface area contributed by atoms with Crippen molar-refractivity contribution in [2.75, 3.05) is 6.61 Å². The number of thioether (sulfide) groups is 1. The predicted molar refractivity (Wildman–Crippen MR) is 103 cm³/mol. The maximum Gasteiger partial charge on any atom is 0.342 e. The van der Waals surface area contributed by atoms with Crippen LogP contribution in [-0.4, -0.2) is 38.8 Å². The molecule has 8 nitrogen and oxygen atoms in total. The third-order valence-electron chi connectivity index (χ3n) is 3.57. The highest BCUT2D eigenvalue weighted by molar-refractivity contribution is 8.04. The molecule has 3 aromatic rings. The minimum atomic E-state index is -1.11. The van der Waals surface area contributed by atoms with E-state index in [1.807, 2.05) is 0 Å². The van der Waals surface area contributed by atoms with Crippen molar-refractivity contribution in [1.82, 2.24) is 15.2 Å². The summed E-state index contributed by atoms with van der Waals surface area (Å²) in [4.78, 5) is 27.3. The Kier molecular flexibility index (Phi) is 5.95. The number of furan rings is 1. The van der Waals surface area contributed by atoms with E-state index in [-0.39, 0.29) is 10.9 Å². The summed E-state index contributed by atoms with van der Waals surface area (Å²) < 4.78 is 10.7. The van der Waals surface area contributed by atoms with Gasteiger partial charge >= 0.3 is 11.9 Å². The quantitative estimate of drug-likeness (QED) is 0.350. The first-order chi connectivity index (χ1) is 13.5. The van der Waals surface area contributed by atoms with Gasteiger partial charge in [0.2, 0.25) is 5.16 Å². The Morgan fingerprint density at radius 2 is 2.00 bits per heavy atom. The van der Waals surface area contributed by atoms with Gasteiger partial charge in [-0.15, -0.1) is 5.10 Å². The summed E-state index contributed by atoms with van der Waals surface area (Å²) >= 11 is 0.924. The highest BCUT2D eigenvalue weighted by atomic mass is 32.2. The number of esters is 1. The number of carboxylic acid groups (broad SMARTS) is 1. The minimum Gasteiger partial charge on any atom is -0.477 e. The highest BCUT2D eigenvalue weighted by Crippen LogP contribution is 2.28. The number of hydrogen-bond donors (Lipinski definition) is 2. The smallest absolute Gasteiger partial charge is 0.342 e. The number of aromatic amines is 1. The average Bonchev–Trinajstić information content (AvgIpc) is 3.30. The first-order valence-electron chi connectivity index (χ1n) is 8.35. The zero-order chi connectivity index (χ0) is 20.1. The number of aromatic nitrogens is 3. The van der Waals surface area contributed by atoms with E-state index in [1.165, 1.54) is 6.08 Å². The van der Waals surface area contributed by atoms with Crippen LogP contribution < -0.4 is 0 Å². The van der Waals surface area contributed by atoms with Crippen molar-refractivity contribution in [2.45, 2.75) is 19.0 Å². The van der Waals surface area contributed by atoms with E-state index < -0.39 is 5.97 Å². The van der Waals surface area contributed by atoms with Crippen molar-refractivity contribution < 1.29 is 23.8 Å². The van der Waals surface area contributed by atoms with Crippen molar-refractivity contribution in [2.24, 2.45) is 0 Å². The molecule has 0 saturated carbocycles. The SMILES string of the molecule is CCOC(=O)c1ccc(-c2ccc(/C=C(/Sc3n[nH]c(C)n3)C(=O)O)o2)cc1. The molecule has 144 valence electrons. The van der Waals surface area contributed by atoms with E-state index in [2.05, 4.69) is 15.2 Å². The van der Waals surface area contributed by atoms with Gasteiger partial charge in [-0.05, 0) is 49.9 Å². The molecule has 0 saturated heterocycles. The first kappa shape index (κ1) is 19.4. The molecule has 0 spiro atoms. The summed E-state index contributed by atoms with van der Waals surface area (Å²) in [6.07, 6.45) is 1.41. The van der Waals surface area contributed by atoms with E-state index >= 15 is 0 Å². The molecule has 0 aliphatic carbocycles. The number of carbonyl (C=O) groups is 2. The van der Waals surface area contributed by atoms with E-state index in [0.717, 1.165) is 17.3 Å². The minimum absolute atomic E-state index is 0.0255. The summed E-state index contributed by atoms with van der Waals surface area (Å²) in [6.45, 7) is 3.79. The van der Waals surface area contributed by atoms with E-state index in [0.29, 0.717) is 34.7 Å². The number of rotatable bonds is 7. The summed E-state index contributed by atoms with van der Waals surface area (Å²) in [7, 11) is 0. The van der Waals surface area contributed by atoms with Gasteiger partial charge in [0.25, 0.3) is 0 Å². The van der Waals surface area contributed by atoms with Crippen LogP contribution in [0.15, 0.2) is 50.9 Å². The number of nitrogens with zero attached hydrogens (tertiary/aromatic N) is 2. The second-order valence-corrected chi connectivity index (χ2v) is 6.63. The third-order valence-corrected chi connectivity index (χ3v) is 4.45. The molecule has 9 heteroatoms. The topological polar surface area (TPSA) is 118 Å². The molecule has 0 radical (unpaired) electrons. The van der Waals surface area contributed by atoms with Crippen LogP contribution in [-0.2, 0) is 9.53 Å². The molecule has 2 aromatic heterocycles. The molecule has 0 aliphatic rings. The fourth-order valence-electron chi connectivity index (χ4n) is 2.30. The van der Waals surface area contributed by atoms with Gasteiger partial charge in [-0.1, -0.05) is 12.1 Å². The van der Waals surface area contributed by atoms with Crippen LogP contribution in [0.3, 0.4) is 0 Å². The van der Waals surface area contributed by atoms with Gasteiger partial charge in [-0.25, -0.2) is 14.6 Å². The van der Waals surface area contributed by atoms with Crippen LogP contribution in [0.25, 0.3) is 17.4 Å². The third kappa shape index (κ3) is 4.68. The Morgan fingerprint density at radius 1 is 1.25 bits per heavy atom. The highest BCUT2D eigenvalue weighted by Gasteiger charge is 2.15. The maximum absolute atomic E-state index is 11.7. The average molecular weight is 399 g/mol. The number of H-pyrrole nitrogens is 1. The molecule has 2 heterocycles. The zero-order valence-electron chi connectivity index (χ0n) is 15.1. The number of ether oxygens (including phenoxy) is 1. The lowest BCUT2D eigenvalue weighted by atomic mass is 10.1. The molecular weight excluding hydrogens is 382 g/mol. The second-order valence-electron chi connectivity index (χ2n) is 5.62. The molecule has 28 heavy (non-hydrogen) atoms. The van der Waals surface area contributed by atoms with Crippen molar-refractivity contribution in [3.8, 4) is 11.3 Å². The van der Waals surface area contributed by atoms with Crippen molar-refractivity contribution in [1.29, 1.82) is 0 Å². The Balaban J connectivity index is 1.79. The molecule has 0 unspecified atom stereocenters. The molecule has 3 rings (SSSR count). The molecule has 0 amide bonds. The van der Waals surface area contributed by atoms with E-state index in [1.54, 1.807) is 50.2 Å². The van der Waals surface area contributed by atoms with Crippen LogP contribution in [0, 0.1) is 6.92 Å². The molecule has 0 atom stereocenters. The summed E-state index contributed by atoms with van der Waals surface area (Å²) in [5.41, 5.74) is 1.20. The Bertz CT molecular complexity index is 1020. The Hall–Kier alpha value is -3.33. The number of aryl methyl sites for hydroxylation is 1. The number of benzene rings is 1. The van der Waals surface area contributed by atoms with Gasteiger partial charge in [0.15, 0.2) is 0 Å². The fraction of sp³-hybridized carbons (Fsp3) is 0.158. The lowest BCUT2D eigenvalue weighted by molar-refractivity contribution is -0.131. The van der Waals surface area contributed by atoms with Crippen LogP contribution in [0.1, 0.15) is 28.9 Å². The summed E-state index contributed by atoms with van der Waals surface area (Å²) in [6, 6.07) is 10.2. The predicted octanol–water partition coefficient (Wildman–Crippen LogP) is 3.77. The lowest BCUT2D eigenvalue weighted by Gasteiger charge is -2.02. The van der Waals surface area contributed by atoms with Crippen LogP contribution in [0.4, 0.5) is 0 Å². The van der Waals surface area contributed by atoms with Crippen LogP contribution >= 0.6 is 11.8 Å². The molecular formula is C19H17N3O5S. The Morgan fingerprint density at radius 3 is 2.61 bits per heavy atom. The first-order valence-corrected chi connectivity index (χ1v) is 9.17. The zero-order valence-corrected chi connectivity index (χ0v) is 15.9. The monoisotopic (exact) mass is 399 g/mol. The van der Waals surface area contributed by atoms with Gasteiger partial charge in [0.05, 0.1) is 12.2 Å². The largest absolute Gasteiger partial charge is 0.477 e. The summed E-state index contributed by atoms with van der Waals surface area (Å²) in [5, 5.41) is 16.3. The van der Waals surface area contributed by atoms with Crippen LogP contribution in [0.5, 0.6) is 0 Å². The molecule has 1 aromatic carbocycles. The molecule has 0 aliphatic heterocycles. The van der Waals surface area contributed by atoms with Crippen molar-refractivity contribution in [3.05, 3.63) is 58.5 Å². The summed E-state index contributed by atoms with van der Waals surface area (Å²) in [5.74, 6) is 0.0252. The van der Waals surface area contributed by atoms with Gasteiger partial charge in [0.1, 0.15) is 22.3 Å². The van der Waals surface area contributed by atoms with Crippen LogP contribution in [0.2, 0.25) is 0 Å². The van der Waals surface area contributed by atoms with E-state index in [4.69, 9.17) is 9.15 Å². The lowest BCUT2D eigenvalue weighted by Crippen LogP contribution is -2.03. The standard InChI is InChI=1S/C19H17N3O5S/c1-3-26-18(25)13-6-4-12(5-7-13)15-9-8-14(27-15)10-16(17(23)24)28-19-20-11(2)21-22-19/h4-10H,3H2,1-2H3,(H,23,24)(H,20,21,22)/b16-10+. The van der Waals surface area contributed by atoms with Gasteiger partial charge in [-0.3, -0.25) is 5.10 Å². The number of hydrogen-bond acceptors (Lipinski definition) is 7.